The number of nitrogen functional groups attached to an aromatic ring is 1. The van der Waals surface area contributed by atoms with Gasteiger partial charge < -0.3 is 20.4 Å². The largest absolute Gasteiger partial charge is 0.420 e. The number of carbonyl (C=O) groups is 2. The maximum Gasteiger partial charge on any atom is 0.420 e. The van der Waals surface area contributed by atoms with Crippen molar-refractivity contribution in [1.82, 2.24) is 19.4 Å². The van der Waals surface area contributed by atoms with Crippen molar-refractivity contribution in [3.8, 4) is 0 Å². The van der Waals surface area contributed by atoms with Crippen molar-refractivity contribution in [2.24, 2.45) is 0 Å². The van der Waals surface area contributed by atoms with Crippen LogP contribution in [0, 0.1) is 0 Å². The summed E-state index contributed by atoms with van der Waals surface area (Å²) < 4.78 is 6.89. The van der Waals surface area contributed by atoms with E-state index < -0.39 is 11.7 Å². The number of hydrogen-bond donors (Lipinski definition) is 2. The molecule has 10 nitrogen and oxygen atoms in total. The van der Waals surface area contributed by atoms with Gasteiger partial charge in [-0.05, 0) is 53.4 Å². The Bertz CT molecular complexity index is 1180. The van der Waals surface area contributed by atoms with Crippen LogP contribution in [0.4, 0.5) is 11.5 Å². The third-order valence-electron chi connectivity index (χ3n) is 4.91. The van der Waals surface area contributed by atoms with E-state index in [1.165, 1.54) is 10.8 Å². The molecule has 30 heavy (non-hydrogen) atoms. The van der Waals surface area contributed by atoms with Crippen LogP contribution in [0.2, 0.25) is 0 Å². The number of amides is 2. The highest BCUT2D eigenvalue weighted by Crippen LogP contribution is 2.20. The molecule has 0 aliphatic carbocycles. The molecule has 0 radical (unpaired) electrons. The molecule has 2 amide bonds. The van der Waals surface area contributed by atoms with Crippen molar-refractivity contribution in [2.75, 3.05) is 24.1 Å². The third kappa shape index (κ3) is 4.06. The first-order chi connectivity index (χ1) is 14.4. The lowest BCUT2D eigenvalue weighted by atomic mass is 10.1. The minimum atomic E-state index is -0.624. The number of piperidine rings is 1. The highest BCUT2D eigenvalue weighted by atomic mass is 79.9. The third-order valence-corrected chi connectivity index (χ3v) is 5.30. The average Bonchev–Trinajstić information content (AvgIpc) is 3.05. The van der Waals surface area contributed by atoms with Crippen LogP contribution in [0.1, 0.15) is 29.8 Å². The second-order valence-corrected chi connectivity index (χ2v) is 7.77. The lowest BCUT2D eigenvalue weighted by Gasteiger charge is -2.26. The average molecular weight is 475 g/mol. The topological polar surface area (TPSA) is 136 Å². The van der Waals surface area contributed by atoms with E-state index in [1.807, 2.05) is 0 Å². The number of rotatable bonds is 4. The molecule has 3 heterocycles. The number of nitrogens with one attached hydrogen (secondary N) is 1. The van der Waals surface area contributed by atoms with Crippen LogP contribution >= 0.6 is 15.9 Å². The molecule has 0 bridgehead atoms. The smallest absolute Gasteiger partial charge is 0.408 e. The van der Waals surface area contributed by atoms with Crippen LogP contribution in [0.3, 0.4) is 0 Å². The fraction of sp³-hybridized carbons (Fsp3) is 0.316. The van der Waals surface area contributed by atoms with E-state index in [2.05, 4.69) is 31.2 Å². The number of halogens is 1. The zero-order valence-corrected chi connectivity index (χ0v) is 17.5. The molecular weight excluding hydrogens is 456 g/mol. The maximum absolute atomic E-state index is 12.6. The molecule has 1 fully saturated rings. The van der Waals surface area contributed by atoms with Gasteiger partial charge in [0.05, 0.1) is 11.7 Å². The van der Waals surface area contributed by atoms with Gasteiger partial charge in [0, 0.05) is 18.8 Å². The number of fused-ring (bicyclic) bond motifs is 1. The zero-order chi connectivity index (χ0) is 21.3. The summed E-state index contributed by atoms with van der Waals surface area (Å²) in [5.41, 5.74) is 6.83. The van der Waals surface area contributed by atoms with E-state index in [4.69, 9.17) is 10.2 Å². The minimum absolute atomic E-state index is 0.0101. The van der Waals surface area contributed by atoms with E-state index in [-0.39, 0.29) is 24.0 Å². The Balaban J connectivity index is 1.59. The van der Waals surface area contributed by atoms with Gasteiger partial charge >= 0.3 is 5.76 Å². The fourth-order valence-electron chi connectivity index (χ4n) is 3.40. The summed E-state index contributed by atoms with van der Waals surface area (Å²) in [6.07, 6.45) is 4.42. The summed E-state index contributed by atoms with van der Waals surface area (Å²) in [5, 5.41) is 2.68. The number of oxazole rings is 1. The summed E-state index contributed by atoms with van der Waals surface area (Å²) in [6.45, 7) is 1.27. The van der Waals surface area contributed by atoms with Crippen LogP contribution < -0.4 is 16.8 Å². The first-order valence-corrected chi connectivity index (χ1v) is 10.2. The molecule has 1 aliphatic rings. The molecule has 0 unspecified atom stereocenters. The fourth-order valence-corrected chi connectivity index (χ4v) is 3.68. The van der Waals surface area contributed by atoms with Crippen LogP contribution in [-0.4, -0.2) is 44.3 Å². The molecule has 156 valence electrons. The van der Waals surface area contributed by atoms with Gasteiger partial charge in [0.2, 0.25) is 5.91 Å². The van der Waals surface area contributed by atoms with E-state index >= 15 is 0 Å². The lowest BCUT2D eigenvalue weighted by Crippen LogP contribution is -2.39. The summed E-state index contributed by atoms with van der Waals surface area (Å²) >= 11 is 3.15. The molecule has 3 aromatic rings. The Kier molecular flexibility index (Phi) is 5.53. The standard InChI is InChI=1S/C19H19BrN6O4/c20-14-9-22-17(21)16(24-14)18(28)23-11-4-5-13-12(8-11)26(19(29)30-13)10-15(27)25-6-2-1-3-7-25/h4-5,8-9H,1-3,6-7,10H2,(H2,21,22)(H,23,28). The van der Waals surface area contributed by atoms with Crippen LogP contribution in [0.25, 0.3) is 11.1 Å². The van der Waals surface area contributed by atoms with Gasteiger partial charge in [-0.15, -0.1) is 0 Å². The molecule has 1 aliphatic heterocycles. The number of nitrogens with two attached hydrogens (primary N) is 1. The van der Waals surface area contributed by atoms with Crippen molar-refractivity contribution in [2.45, 2.75) is 25.8 Å². The van der Waals surface area contributed by atoms with Crippen LogP contribution in [0.15, 0.2) is 38.2 Å². The van der Waals surface area contributed by atoms with Crippen molar-refractivity contribution >= 4 is 50.3 Å². The molecule has 1 aromatic carbocycles. The molecular formula is C19H19BrN6O4. The number of benzene rings is 1. The number of carbonyl (C=O) groups excluding carboxylic acids is 2. The predicted molar refractivity (Wildman–Crippen MR) is 113 cm³/mol. The summed E-state index contributed by atoms with van der Waals surface area (Å²) in [5.74, 6) is -1.32. The molecule has 0 atom stereocenters. The molecule has 1 saturated heterocycles. The molecule has 11 heteroatoms. The SMILES string of the molecule is Nc1ncc(Br)nc1C(=O)Nc1ccc2oc(=O)n(CC(=O)N3CCCCC3)c2c1. The maximum atomic E-state index is 12.6. The number of likely N-dealkylation sites (tertiary alicyclic amines) is 1. The first-order valence-electron chi connectivity index (χ1n) is 9.43. The molecule has 4 rings (SSSR count). The second-order valence-electron chi connectivity index (χ2n) is 6.96. The predicted octanol–water partition coefficient (Wildman–Crippen LogP) is 1.99. The summed E-state index contributed by atoms with van der Waals surface area (Å²) in [7, 11) is 0. The van der Waals surface area contributed by atoms with Gasteiger partial charge in [0.15, 0.2) is 17.1 Å². The summed E-state index contributed by atoms with van der Waals surface area (Å²) in [4.78, 5) is 47.1. The Hall–Kier alpha value is -3.21. The monoisotopic (exact) mass is 474 g/mol. The number of hydrogen-bond acceptors (Lipinski definition) is 7. The van der Waals surface area contributed by atoms with Crippen molar-refractivity contribution in [1.29, 1.82) is 0 Å². The zero-order valence-electron chi connectivity index (χ0n) is 15.9. The molecule has 0 spiro atoms. The summed E-state index contributed by atoms with van der Waals surface area (Å²) in [6, 6.07) is 4.72. The highest BCUT2D eigenvalue weighted by molar-refractivity contribution is 9.10. The van der Waals surface area contributed by atoms with Crippen molar-refractivity contribution in [3.63, 3.8) is 0 Å². The van der Waals surface area contributed by atoms with Crippen molar-refractivity contribution in [3.05, 3.63) is 45.2 Å². The van der Waals surface area contributed by atoms with Gasteiger partial charge in [-0.1, -0.05) is 0 Å². The molecule has 0 saturated carbocycles. The Morgan fingerprint density at radius 2 is 2.00 bits per heavy atom. The van der Waals surface area contributed by atoms with Gasteiger partial charge in [-0.3, -0.25) is 14.2 Å². The van der Waals surface area contributed by atoms with Crippen molar-refractivity contribution < 1.29 is 14.0 Å². The van der Waals surface area contributed by atoms with Gasteiger partial charge in [-0.2, -0.15) is 0 Å². The Morgan fingerprint density at radius 1 is 1.23 bits per heavy atom. The number of nitrogens with zero attached hydrogens (tertiary/aromatic N) is 4. The first kappa shape index (κ1) is 20.1. The van der Waals surface area contributed by atoms with Gasteiger partial charge in [0.1, 0.15) is 11.1 Å². The Morgan fingerprint density at radius 3 is 2.77 bits per heavy atom. The van der Waals surface area contributed by atoms with E-state index in [1.54, 1.807) is 23.1 Å². The normalized spacial score (nSPS) is 14.1. The molecule has 2 aromatic heterocycles. The molecule has 3 N–H and O–H groups in total. The Labute approximate surface area is 179 Å². The van der Waals surface area contributed by atoms with Gasteiger partial charge in [-0.25, -0.2) is 14.8 Å². The van der Waals surface area contributed by atoms with E-state index in [0.29, 0.717) is 34.5 Å². The highest BCUT2D eigenvalue weighted by Gasteiger charge is 2.20. The number of aromatic nitrogens is 3. The van der Waals surface area contributed by atoms with Crippen LogP contribution in [-0.2, 0) is 11.3 Å². The van der Waals surface area contributed by atoms with E-state index in [9.17, 15) is 14.4 Å². The minimum Gasteiger partial charge on any atom is -0.408 e. The quantitative estimate of drug-likeness (QED) is 0.589. The number of anilines is 2. The second kappa shape index (κ2) is 8.27. The lowest BCUT2D eigenvalue weighted by molar-refractivity contribution is -0.132. The van der Waals surface area contributed by atoms with Crippen LogP contribution in [0.5, 0.6) is 0 Å². The van der Waals surface area contributed by atoms with E-state index in [0.717, 1.165) is 19.3 Å². The van der Waals surface area contributed by atoms with Gasteiger partial charge in [0.25, 0.3) is 5.91 Å².